The lowest BCUT2D eigenvalue weighted by Crippen LogP contribution is -2.36. The number of carbonyl (C=O) groups excluding carboxylic acids is 1. The number of ether oxygens (including phenoxy) is 1. The number of nitrogens with zero attached hydrogens (tertiary/aromatic N) is 5. The predicted octanol–water partition coefficient (Wildman–Crippen LogP) is 3.00. The molecular weight excluding hydrogens is 356 g/mol. The largest absolute Gasteiger partial charge is 0.444 e. The third kappa shape index (κ3) is 3.68. The van der Waals surface area contributed by atoms with Crippen LogP contribution < -0.4 is 5.32 Å². The number of pyridine rings is 1. The van der Waals surface area contributed by atoms with Crippen molar-refractivity contribution in [3.63, 3.8) is 0 Å². The van der Waals surface area contributed by atoms with E-state index in [0.717, 1.165) is 36.5 Å². The molecule has 2 fully saturated rings. The van der Waals surface area contributed by atoms with Gasteiger partial charge in [-0.2, -0.15) is 5.10 Å². The summed E-state index contributed by atoms with van der Waals surface area (Å²) in [4.78, 5) is 23.3. The quantitative estimate of drug-likeness (QED) is 0.876. The van der Waals surface area contributed by atoms with Crippen molar-refractivity contribution in [3.05, 3.63) is 24.2 Å². The van der Waals surface area contributed by atoms with E-state index in [1.165, 1.54) is 0 Å². The van der Waals surface area contributed by atoms with E-state index < -0.39 is 5.60 Å². The van der Waals surface area contributed by atoms with Crippen molar-refractivity contribution in [2.45, 2.75) is 52.2 Å². The van der Waals surface area contributed by atoms with Crippen LogP contribution in [-0.4, -0.2) is 55.5 Å². The molecule has 1 N–H and O–H groups in total. The molecule has 150 valence electrons. The van der Waals surface area contributed by atoms with Crippen LogP contribution in [-0.2, 0) is 11.8 Å². The van der Waals surface area contributed by atoms with Gasteiger partial charge in [-0.3, -0.25) is 4.68 Å². The SMILES string of the molecule is Cc1nc(N[C@@H]2CN(C(=O)OC(C)(C)C)CC23CC3)ccc1-c1ncn(C)n1. The molecule has 1 amide bonds. The number of rotatable bonds is 3. The second-order valence-corrected chi connectivity index (χ2v) is 8.99. The Balaban J connectivity index is 1.47. The number of hydrogen-bond donors (Lipinski definition) is 1. The van der Waals surface area contributed by atoms with E-state index in [2.05, 4.69) is 15.4 Å². The van der Waals surface area contributed by atoms with Crippen LogP contribution in [0.3, 0.4) is 0 Å². The molecule has 1 atom stereocenters. The highest BCUT2D eigenvalue weighted by atomic mass is 16.6. The molecule has 8 nitrogen and oxygen atoms in total. The summed E-state index contributed by atoms with van der Waals surface area (Å²) in [5.74, 6) is 1.49. The van der Waals surface area contributed by atoms with E-state index in [-0.39, 0.29) is 17.6 Å². The fourth-order valence-corrected chi connectivity index (χ4v) is 3.82. The third-order valence-corrected chi connectivity index (χ3v) is 5.44. The summed E-state index contributed by atoms with van der Waals surface area (Å²) in [5.41, 5.74) is 1.47. The van der Waals surface area contributed by atoms with Crippen LogP contribution in [0, 0.1) is 12.3 Å². The zero-order valence-corrected chi connectivity index (χ0v) is 17.2. The highest BCUT2D eigenvalue weighted by molar-refractivity contribution is 5.69. The van der Waals surface area contributed by atoms with E-state index in [9.17, 15) is 4.79 Å². The fourth-order valence-electron chi connectivity index (χ4n) is 3.82. The standard InChI is InChI=1S/C20H28N6O2/c1-13-14(17-21-12-25(5)24-17)6-7-16(22-13)23-15-10-26(11-20(15)8-9-20)18(27)28-19(2,3)4/h6-7,12,15H,8-11H2,1-5H3,(H,22,23)/t15-/m1/s1. The molecule has 1 spiro atoms. The first-order valence-electron chi connectivity index (χ1n) is 9.73. The van der Waals surface area contributed by atoms with Crippen LogP contribution in [0.25, 0.3) is 11.4 Å². The van der Waals surface area contributed by atoms with Crippen molar-refractivity contribution in [3.8, 4) is 11.4 Å². The lowest BCUT2D eigenvalue weighted by Gasteiger charge is -2.24. The first kappa shape index (κ1) is 18.7. The molecule has 2 aliphatic rings. The molecule has 2 aromatic heterocycles. The van der Waals surface area contributed by atoms with E-state index in [4.69, 9.17) is 9.72 Å². The van der Waals surface area contributed by atoms with Gasteiger partial charge in [-0.15, -0.1) is 0 Å². The molecule has 0 bridgehead atoms. The molecule has 4 rings (SSSR count). The normalized spacial score (nSPS) is 20.5. The average molecular weight is 384 g/mol. The van der Waals surface area contributed by atoms with Gasteiger partial charge in [-0.05, 0) is 52.7 Å². The van der Waals surface area contributed by atoms with Crippen LogP contribution in [0.4, 0.5) is 10.6 Å². The number of amides is 1. The Bertz CT molecular complexity index is 896. The molecule has 0 unspecified atom stereocenters. The van der Waals surface area contributed by atoms with E-state index in [1.807, 2.05) is 51.8 Å². The Morgan fingerprint density at radius 2 is 2.07 bits per heavy atom. The summed E-state index contributed by atoms with van der Waals surface area (Å²) in [5, 5.41) is 7.91. The van der Waals surface area contributed by atoms with Gasteiger partial charge in [0.1, 0.15) is 17.7 Å². The Kier molecular flexibility index (Phi) is 4.32. The smallest absolute Gasteiger partial charge is 0.410 e. The maximum atomic E-state index is 12.5. The molecule has 3 heterocycles. The molecule has 0 aromatic carbocycles. The number of carbonyl (C=O) groups is 1. The average Bonchev–Trinajstić information content (AvgIpc) is 3.10. The van der Waals surface area contributed by atoms with Crippen molar-refractivity contribution >= 4 is 11.9 Å². The maximum absolute atomic E-state index is 12.5. The molecule has 1 saturated carbocycles. The number of aromatic nitrogens is 4. The monoisotopic (exact) mass is 384 g/mol. The zero-order chi connectivity index (χ0) is 20.1. The van der Waals surface area contributed by atoms with Gasteiger partial charge >= 0.3 is 6.09 Å². The molecule has 0 radical (unpaired) electrons. The summed E-state index contributed by atoms with van der Waals surface area (Å²) in [7, 11) is 1.85. The van der Waals surface area contributed by atoms with Gasteiger partial charge in [0, 0.05) is 31.1 Å². The van der Waals surface area contributed by atoms with Gasteiger partial charge in [-0.1, -0.05) is 0 Å². The van der Waals surface area contributed by atoms with Gasteiger partial charge in [0.15, 0.2) is 5.82 Å². The van der Waals surface area contributed by atoms with Gasteiger partial charge in [0.25, 0.3) is 0 Å². The van der Waals surface area contributed by atoms with E-state index >= 15 is 0 Å². The lowest BCUT2D eigenvalue weighted by atomic mass is 10.0. The Morgan fingerprint density at radius 1 is 1.32 bits per heavy atom. The molecule has 1 saturated heterocycles. The number of nitrogens with one attached hydrogen (secondary N) is 1. The van der Waals surface area contributed by atoms with Crippen LogP contribution >= 0.6 is 0 Å². The van der Waals surface area contributed by atoms with Gasteiger partial charge in [-0.25, -0.2) is 14.8 Å². The third-order valence-electron chi connectivity index (χ3n) is 5.44. The zero-order valence-electron chi connectivity index (χ0n) is 17.2. The van der Waals surface area contributed by atoms with Crippen LogP contribution in [0.2, 0.25) is 0 Å². The first-order chi connectivity index (χ1) is 13.2. The van der Waals surface area contributed by atoms with Crippen molar-refractivity contribution in [1.29, 1.82) is 0 Å². The summed E-state index contributed by atoms with van der Waals surface area (Å²) < 4.78 is 7.24. The minimum Gasteiger partial charge on any atom is -0.444 e. The predicted molar refractivity (Wildman–Crippen MR) is 106 cm³/mol. The van der Waals surface area contributed by atoms with Crippen molar-refractivity contribution < 1.29 is 9.53 Å². The van der Waals surface area contributed by atoms with Gasteiger partial charge in [0.05, 0.1) is 11.7 Å². The number of anilines is 1. The Morgan fingerprint density at radius 3 is 2.64 bits per heavy atom. The molecule has 28 heavy (non-hydrogen) atoms. The van der Waals surface area contributed by atoms with Gasteiger partial charge in [0.2, 0.25) is 0 Å². The second kappa shape index (κ2) is 6.46. The molecule has 1 aliphatic heterocycles. The van der Waals surface area contributed by atoms with E-state index in [0.29, 0.717) is 12.4 Å². The summed E-state index contributed by atoms with van der Waals surface area (Å²) >= 11 is 0. The maximum Gasteiger partial charge on any atom is 0.410 e. The summed E-state index contributed by atoms with van der Waals surface area (Å²) in [6.45, 7) is 9.04. The van der Waals surface area contributed by atoms with Gasteiger partial charge < -0.3 is 15.0 Å². The van der Waals surface area contributed by atoms with Crippen molar-refractivity contribution in [2.75, 3.05) is 18.4 Å². The number of likely N-dealkylation sites (tertiary alicyclic amines) is 1. The molecule has 1 aliphatic carbocycles. The molecule has 8 heteroatoms. The fraction of sp³-hybridized carbons (Fsp3) is 0.600. The van der Waals surface area contributed by atoms with E-state index in [1.54, 1.807) is 11.0 Å². The molecular formula is C20H28N6O2. The summed E-state index contributed by atoms with van der Waals surface area (Å²) in [6.07, 6.45) is 3.70. The number of aryl methyl sites for hydroxylation is 2. The minimum absolute atomic E-state index is 0.147. The molecule has 2 aromatic rings. The lowest BCUT2D eigenvalue weighted by molar-refractivity contribution is 0.0285. The Labute approximate surface area is 165 Å². The second-order valence-electron chi connectivity index (χ2n) is 8.99. The van der Waals surface area contributed by atoms with Crippen LogP contribution in [0.15, 0.2) is 18.5 Å². The number of hydrogen-bond acceptors (Lipinski definition) is 6. The minimum atomic E-state index is -0.479. The van der Waals surface area contributed by atoms with Crippen molar-refractivity contribution in [1.82, 2.24) is 24.6 Å². The highest BCUT2D eigenvalue weighted by Gasteiger charge is 2.56. The highest BCUT2D eigenvalue weighted by Crippen LogP contribution is 2.53. The Hall–Kier alpha value is -2.64. The topological polar surface area (TPSA) is 85.2 Å². The first-order valence-corrected chi connectivity index (χ1v) is 9.73. The summed E-state index contributed by atoms with van der Waals surface area (Å²) in [6, 6.07) is 4.15. The van der Waals surface area contributed by atoms with Crippen LogP contribution in [0.5, 0.6) is 0 Å². The van der Waals surface area contributed by atoms with Crippen molar-refractivity contribution in [2.24, 2.45) is 12.5 Å². The van der Waals surface area contributed by atoms with Crippen LogP contribution in [0.1, 0.15) is 39.3 Å².